The summed E-state index contributed by atoms with van der Waals surface area (Å²) in [7, 11) is 1.89. The van der Waals surface area contributed by atoms with Crippen LogP contribution in [0.5, 0.6) is 0 Å². The Kier molecular flexibility index (Phi) is 8.63. The third-order valence-corrected chi connectivity index (χ3v) is 2.91. The summed E-state index contributed by atoms with van der Waals surface area (Å²) in [5.74, 6) is 0.228. The van der Waals surface area contributed by atoms with Crippen molar-refractivity contribution in [1.82, 2.24) is 4.90 Å². The van der Waals surface area contributed by atoms with Gasteiger partial charge in [0.2, 0.25) is 5.91 Å². The fraction of sp³-hybridized carbons (Fsp3) is 0.571. The van der Waals surface area contributed by atoms with Crippen LogP contribution in [0.25, 0.3) is 0 Å². The second kappa shape index (κ2) is 9.09. The maximum Gasteiger partial charge on any atom is 0.228 e. The fourth-order valence-electron chi connectivity index (χ4n) is 1.62. The van der Waals surface area contributed by atoms with E-state index in [-0.39, 0.29) is 22.9 Å². The minimum Gasteiger partial charge on any atom is -1.00 e. The largest absolute Gasteiger partial charge is 1.00 e. The van der Waals surface area contributed by atoms with Crippen LogP contribution in [0.2, 0.25) is 0 Å². The van der Waals surface area contributed by atoms with E-state index in [4.69, 9.17) is 0 Å². The van der Waals surface area contributed by atoms with E-state index < -0.39 is 0 Å². The van der Waals surface area contributed by atoms with Gasteiger partial charge in [-0.1, -0.05) is 13.3 Å². The highest BCUT2D eigenvalue weighted by atomic mass is 79.9. The van der Waals surface area contributed by atoms with Crippen molar-refractivity contribution in [3.8, 4) is 0 Å². The van der Waals surface area contributed by atoms with Crippen LogP contribution in [-0.4, -0.2) is 24.4 Å². The molecule has 3 nitrogen and oxygen atoms in total. The molecule has 18 heavy (non-hydrogen) atoms. The highest BCUT2D eigenvalue weighted by Crippen LogP contribution is 1.96. The number of carbonyl (C=O) groups is 1. The highest BCUT2D eigenvalue weighted by Gasteiger charge is 2.10. The number of nitrogens with zero attached hydrogens (tertiary/aromatic N) is 2. The lowest BCUT2D eigenvalue weighted by Gasteiger charge is -2.15. The van der Waals surface area contributed by atoms with Crippen LogP contribution in [0.3, 0.4) is 0 Å². The van der Waals surface area contributed by atoms with E-state index >= 15 is 0 Å². The molecule has 102 valence electrons. The average Bonchev–Trinajstić information content (AvgIpc) is 2.34. The number of hydrogen-bond donors (Lipinski definition) is 0. The summed E-state index contributed by atoms with van der Waals surface area (Å²) >= 11 is 0. The molecule has 0 N–H and O–H groups in total. The van der Waals surface area contributed by atoms with Gasteiger partial charge in [-0.05, 0) is 18.9 Å². The van der Waals surface area contributed by atoms with Gasteiger partial charge in [-0.2, -0.15) is 0 Å². The van der Waals surface area contributed by atoms with Gasteiger partial charge in [0.15, 0.2) is 18.9 Å². The van der Waals surface area contributed by atoms with E-state index in [0.717, 1.165) is 25.9 Å². The van der Waals surface area contributed by atoms with E-state index in [2.05, 4.69) is 30.5 Å². The van der Waals surface area contributed by atoms with Gasteiger partial charge >= 0.3 is 0 Å². The Balaban J connectivity index is 0.00000289. The van der Waals surface area contributed by atoms with Gasteiger partial charge in [0.1, 0.15) is 0 Å². The van der Waals surface area contributed by atoms with Crippen LogP contribution < -0.4 is 21.5 Å². The maximum absolute atomic E-state index is 11.8. The first-order valence-corrected chi connectivity index (χ1v) is 6.33. The Labute approximate surface area is 121 Å². The normalized spacial score (nSPS) is 9.72. The number of aromatic nitrogens is 1. The van der Waals surface area contributed by atoms with Crippen molar-refractivity contribution in [2.45, 2.75) is 39.7 Å². The van der Waals surface area contributed by atoms with E-state index in [0.29, 0.717) is 6.42 Å². The van der Waals surface area contributed by atoms with E-state index in [1.165, 1.54) is 5.56 Å². The minimum absolute atomic E-state index is 0. The van der Waals surface area contributed by atoms with Crippen molar-refractivity contribution < 1.29 is 26.3 Å². The number of unbranched alkanes of at least 4 members (excludes halogenated alkanes) is 1. The molecule has 0 aliphatic carbocycles. The summed E-state index contributed by atoms with van der Waals surface area (Å²) < 4.78 is 2.05. The quantitative estimate of drug-likeness (QED) is 0.614. The molecule has 4 heteroatoms. The van der Waals surface area contributed by atoms with Gasteiger partial charge in [-0.25, -0.2) is 4.57 Å². The van der Waals surface area contributed by atoms with E-state index in [9.17, 15) is 4.79 Å². The lowest BCUT2D eigenvalue weighted by molar-refractivity contribution is -0.696. The molecule has 1 rings (SSSR count). The number of amides is 1. The number of aryl methyl sites for hydroxylation is 2. The van der Waals surface area contributed by atoms with E-state index in [1.54, 1.807) is 0 Å². The topological polar surface area (TPSA) is 24.2 Å². The van der Waals surface area contributed by atoms with Crippen molar-refractivity contribution in [2.24, 2.45) is 0 Å². The Morgan fingerprint density at radius 2 is 1.94 bits per heavy atom. The molecular weight excluding hydrogens is 292 g/mol. The van der Waals surface area contributed by atoms with Crippen molar-refractivity contribution in [2.75, 3.05) is 13.6 Å². The molecule has 0 radical (unpaired) electrons. The number of pyridine rings is 1. The molecule has 1 amide bonds. The lowest BCUT2D eigenvalue weighted by Crippen LogP contribution is -3.00. The number of carbonyl (C=O) groups excluding carboxylic acids is 1. The molecule has 1 heterocycles. The molecule has 0 fully saturated rings. The smallest absolute Gasteiger partial charge is 0.228 e. The lowest BCUT2D eigenvalue weighted by atomic mass is 10.3. The molecule has 0 saturated heterocycles. The van der Waals surface area contributed by atoms with Crippen molar-refractivity contribution in [3.05, 3.63) is 30.1 Å². The molecular formula is C14H23BrN2O. The zero-order valence-electron chi connectivity index (χ0n) is 11.5. The van der Waals surface area contributed by atoms with Gasteiger partial charge in [0.25, 0.3) is 0 Å². The highest BCUT2D eigenvalue weighted by molar-refractivity contribution is 5.75. The molecule has 0 spiro atoms. The van der Waals surface area contributed by atoms with Gasteiger partial charge in [0, 0.05) is 25.7 Å². The molecule has 0 unspecified atom stereocenters. The summed E-state index contributed by atoms with van der Waals surface area (Å²) in [6, 6.07) is 4.12. The Bertz CT molecular complexity index is 351. The second-order valence-electron chi connectivity index (χ2n) is 4.53. The Morgan fingerprint density at radius 3 is 2.50 bits per heavy atom. The van der Waals surface area contributed by atoms with Crippen molar-refractivity contribution in [1.29, 1.82) is 0 Å². The molecule has 0 bridgehead atoms. The van der Waals surface area contributed by atoms with Crippen LogP contribution >= 0.6 is 0 Å². The molecule has 0 aromatic carbocycles. The van der Waals surface area contributed by atoms with Gasteiger partial charge in [0.05, 0.1) is 6.42 Å². The summed E-state index contributed by atoms with van der Waals surface area (Å²) in [6.07, 6.45) is 6.83. The Hall–Kier alpha value is -0.900. The van der Waals surface area contributed by atoms with Crippen LogP contribution in [-0.2, 0) is 11.3 Å². The van der Waals surface area contributed by atoms with Gasteiger partial charge < -0.3 is 21.9 Å². The monoisotopic (exact) mass is 314 g/mol. The average molecular weight is 315 g/mol. The zero-order chi connectivity index (χ0) is 12.7. The van der Waals surface area contributed by atoms with Gasteiger partial charge in [-0.3, -0.25) is 4.79 Å². The molecule has 1 aromatic heterocycles. The predicted octanol–water partition coefficient (Wildman–Crippen LogP) is -1.06. The standard InChI is InChI=1S/C14H23N2O.BrH/c1-4-5-9-15(3)14(17)8-12-16-10-6-13(2)7-11-16;/h6-7,10-11H,4-5,8-9,12H2,1-3H3;1H/q+1;/p-1. The van der Waals surface area contributed by atoms with Crippen LogP contribution in [0.4, 0.5) is 0 Å². The minimum atomic E-state index is 0. The molecule has 1 aromatic rings. The molecule has 0 atom stereocenters. The number of rotatable bonds is 6. The summed E-state index contributed by atoms with van der Waals surface area (Å²) in [6.45, 7) is 5.83. The zero-order valence-corrected chi connectivity index (χ0v) is 13.1. The fourth-order valence-corrected chi connectivity index (χ4v) is 1.62. The molecule has 0 saturated carbocycles. The Morgan fingerprint density at radius 1 is 1.33 bits per heavy atom. The van der Waals surface area contributed by atoms with Crippen LogP contribution in [0.15, 0.2) is 24.5 Å². The first kappa shape index (κ1) is 17.1. The molecule has 0 aliphatic rings. The number of hydrogen-bond acceptors (Lipinski definition) is 1. The van der Waals surface area contributed by atoms with E-state index in [1.807, 2.05) is 24.3 Å². The molecule has 0 aliphatic heterocycles. The SMILES string of the molecule is CCCCN(C)C(=O)CC[n+]1ccc(C)cc1.[Br-]. The van der Waals surface area contributed by atoms with Crippen LogP contribution in [0.1, 0.15) is 31.7 Å². The van der Waals surface area contributed by atoms with Crippen LogP contribution in [0, 0.1) is 6.92 Å². The summed E-state index contributed by atoms with van der Waals surface area (Å²) in [5, 5.41) is 0. The second-order valence-corrected chi connectivity index (χ2v) is 4.53. The van der Waals surface area contributed by atoms with Crippen molar-refractivity contribution >= 4 is 5.91 Å². The van der Waals surface area contributed by atoms with Gasteiger partial charge in [-0.15, -0.1) is 0 Å². The summed E-state index contributed by atoms with van der Waals surface area (Å²) in [5.41, 5.74) is 1.24. The first-order valence-electron chi connectivity index (χ1n) is 6.33. The van der Waals surface area contributed by atoms with Crippen molar-refractivity contribution in [3.63, 3.8) is 0 Å². The maximum atomic E-state index is 11.8. The number of halogens is 1. The summed E-state index contributed by atoms with van der Waals surface area (Å²) in [4.78, 5) is 13.6. The predicted molar refractivity (Wildman–Crippen MR) is 68.5 cm³/mol. The first-order chi connectivity index (χ1) is 8.13. The third kappa shape index (κ3) is 6.15. The third-order valence-electron chi connectivity index (χ3n) is 2.91.